The summed E-state index contributed by atoms with van der Waals surface area (Å²) in [6, 6.07) is 0.115. The topological polar surface area (TPSA) is 89.5 Å². The molecule has 7 heteroatoms. The summed E-state index contributed by atoms with van der Waals surface area (Å²) >= 11 is 0. The molecule has 0 aromatic carbocycles. The van der Waals surface area contributed by atoms with Crippen molar-refractivity contribution in [3.8, 4) is 0 Å². The minimum atomic E-state index is -3.72. The van der Waals surface area contributed by atoms with Crippen LogP contribution in [0, 0.1) is 0 Å². The quantitative estimate of drug-likeness (QED) is 0.499. The van der Waals surface area contributed by atoms with Crippen molar-refractivity contribution in [3.63, 3.8) is 0 Å². The lowest BCUT2D eigenvalue weighted by Gasteiger charge is -2.06. The van der Waals surface area contributed by atoms with Crippen molar-refractivity contribution in [2.24, 2.45) is 0 Å². The number of sulfone groups is 1. The second-order valence-electron chi connectivity index (χ2n) is 4.45. The zero-order valence-electron chi connectivity index (χ0n) is 10.5. The van der Waals surface area contributed by atoms with E-state index in [2.05, 4.69) is 5.32 Å². The van der Waals surface area contributed by atoms with Gasteiger partial charge in [-0.05, 0) is 19.3 Å². The van der Waals surface area contributed by atoms with Gasteiger partial charge in [0.15, 0.2) is 9.84 Å². The lowest BCUT2D eigenvalue weighted by atomic mass is 10.4. The monoisotopic (exact) mass is 277 g/mol. The number of rotatable bonds is 8. The molecule has 0 heterocycles. The van der Waals surface area contributed by atoms with Crippen molar-refractivity contribution in [2.75, 3.05) is 18.1 Å². The second-order valence-corrected chi connectivity index (χ2v) is 6.51. The maximum absolute atomic E-state index is 11.5. The Morgan fingerprint density at radius 3 is 2.50 bits per heavy atom. The van der Waals surface area contributed by atoms with E-state index in [1.165, 1.54) is 0 Å². The molecule has 0 bridgehead atoms. The Balaban J connectivity index is 2.28. The molecule has 1 aliphatic carbocycles. The van der Waals surface area contributed by atoms with Gasteiger partial charge >= 0.3 is 5.97 Å². The molecular weight excluding hydrogens is 258 g/mol. The van der Waals surface area contributed by atoms with E-state index in [0.717, 1.165) is 19.3 Å². The smallest absolute Gasteiger partial charge is 0.321 e. The predicted molar refractivity (Wildman–Crippen MR) is 65.7 cm³/mol. The minimum absolute atomic E-state index is 0.115. The van der Waals surface area contributed by atoms with Gasteiger partial charge in [-0.15, -0.1) is 0 Å². The van der Waals surface area contributed by atoms with Crippen molar-refractivity contribution in [1.29, 1.82) is 0 Å². The molecule has 0 radical (unpaired) electrons. The van der Waals surface area contributed by atoms with E-state index in [4.69, 9.17) is 4.74 Å². The van der Waals surface area contributed by atoms with E-state index in [0.29, 0.717) is 6.42 Å². The number of esters is 1. The van der Waals surface area contributed by atoms with Gasteiger partial charge in [-0.2, -0.15) is 0 Å². The minimum Gasteiger partial charge on any atom is -0.465 e. The molecule has 0 aromatic heterocycles. The zero-order chi connectivity index (χ0) is 13.6. The van der Waals surface area contributed by atoms with Gasteiger partial charge in [0.2, 0.25) is 5.91 Å². The third-order valence-corrected chi connectivity index (χ3v) is 3.77. The first kappa shape index (κ1) is 14.9. The van der Waals surface area contributed by atoms with Crippen LogP contribution >= 0.6 is 0 Å². The summed E-state index contributed by atoms with van der Waals surface area (Å²) in [7, 11) is -3.72. The van der Waals surface area contributed by atoms with Gasteiger partial charge in [0.05, 0.1) is 6.61 Å². The number of hydrogen-bond donors (Lipinski definition) is 1. The number of unbranched alkanes of at least 4 members (excludes halogenated alkanes) is 1. The summed E-state index contributed by atoms with van der Waals surface area (Å²) in [4.78, 5) is 22.5. The van der Waals surface area contributed by atoms with Gasteiger partial charge in [-0.3, -0.25) is 9.59 Å². The van der Waals surface area contributed by atoms with Crippen LogP contribution in [0.3, 0.4) is 0 Å². The molecule has 0 unspecified atom stereocenters. The fraction of sp³-hybridized carbons (Fsp3) is 0.818. The molecule has 1 aliphatic rings. The Kier molecular flexibility index (Phi) is 5.58. The number of nitrogens with one attached hydrogen (secondary N) is 1. The molecule has 1 saturated carbocycles. The number of amides is 1. The fourth-order valence-electron chi connectivity index (χ4n) is 1.30. The van der Waals surface area contributed by atoms with Crippen LogP contribution < -0.4 is 5.32 Å². The van der Waals surface area contributed by atoms with Crippen molar-refractivity contribution >= 4 is 21.7 Å². The third kappa shape index (κ3) is 6.58. The fourth-order valence-corrected chi connectivity index (χ4v) is 2.33. The summed E-state index contributed by atoms with van der Waals surface area (Å²) in [5.41, 5.74) is 0. The number of ether oxygens (including phenoxy) is 1. The maximum atomic E-state index is 11.5. The highest BCUT2D eigenvalue weighted by molar-refractivity contribution is 7.92. The molecule has 0 spiro atoms. The highest BCUT2D eigenvalue weighted by Crippen LogP contribution is 2.18. The summed E-state index contributed by atoms with van der Waals surface area (Å²) < 4.78 is 27.8. The number of carbonyl (C=O) groups is 2. The molecule has 1 N–H and O–H groups in total. The number of hydrogen-bond acceptors (Lipinski definition) is 5. The summed E-state index contributed by atoms with van der Waals surface area (Å²) in [6.07, 6.45) is 3.35. The van der Waals surface area contributed by atoms with Gasteiger partial charge in [0.25, 0.3) is 0 Å². The van der Waals surface area contributed by atoms with Crippen LogP contribution in [-0.2, 0) is 24.2 Å². The maximum Gasteiger partial charge on any atom is 0.321 e. The van der Waals surface area contributed by atoms with Gasteiger partial charge in [-0.25, -0.2) is 8.42 Å². The summed E-state index contributed by atoms with van der Waals surface area (Å²) in [5, 5.41) is 2.57. The highest BCUT2D eigenvalue weighted by Gasteiger charge is 2.27. The van der Waals surface area contributed by atoms with E-state index >= 15 is 0 Å². The van der Waals surface area contributed by atoms with Crippen molar-refractivity contribution < 1.29 is 22.7 Å². The molecule has 0 atom stereocenters. The lowest BCUT2D eigenvalue weighted by Crippen LogP contribution is -2.34. The number of carbonyl (C=O) groups excluding carboxylic acids is 2. The van der Waals surface area contributed by atoms with Crippen LogP contribution in [0.5, 0.6) is 0 Å². The molecule has 0 aromatic rings. The molecule has 1 rings (SSSR count). The molecule has 6 nitrogen and oxygen atoms in total. The van der Waals surface area contributed by atoms with Crippen molar-refractivity contribution in [1.82, 2.24) is 5.32 Å². The van der Waals surface area contributed by atoms with Crippen LogP contribution in [0.1, 0.15) is 32.6 Å². The SMILES string of the molecule is CCCCOC(=O)CS(=O)(=O)CC(=O)NC1CC1. The van der Waals surface area contributed by atoms with Crippen LogP contribution in [0.15, 0.2) is 0 Å². The molecule has 0 saturated heterocycles. The first-order valence-electron chi connectivity index (χ1n) is 6.08. The van der Waals surface area contributed by atoms with E-state index in [1.54, 1.807) is 0 Å². The molecule has 18 heavy (non-hydrogen) atoms. The molecule has 1 amide bonds. The Labute approximate surface area is 107 Å². The van der Waals surface area contributed by atoms with E-state index in [1.807, 2.05) is 6.92 Å². The van der Waals surface area contributed by atoms with Crippen molar-refractivity contribution in [2.45, 2.75) is 38.6 Å². The van der Waals surface area contributed by atoms with Gasteiger partial charge in [0.1, 0.15) is 11.5 Å². The second kappa shape index (κ2) is 6.72. The van der Waals surface area contributed by atoms with Gasteiger partial charge in [0, 0.05) is 6.04 Å². The summed E-state index contributed by atoms with van der Waals surface area (Å²) in [6.45, 7) is 2.16. The largest absolute Gasteiger partial charge is 0.465 e. The lowest BCUT2D eigenvalue weighted by molar-refractivity contribution is -0.140. The normalized spacial score (nSPS) is 15.2. The highest BCUT2D eigenvalue weighted by atomic mass is 32.2. The van der Waals surface area contributed by atoms with Crippen LogP contribution in [0.25, 0.3) is 0 Å². The predicted octanol–water partition coefficient (Wildman–Crippen LogP) is 0.0231. The molecule has 1 fully saturated rings. The first-order chi connectivity index (χ1) is 8.43. The average Bonchev–Trinajstić information content (AvgIpc) is 2.99. The Bertz CT molecular complexity index is 400. The Morgan fingerprint density at radius 2 is 1.94 bits per heavy atom. The molecular formula is C11H19NO5S. The van der Waals surface area contributed by atoms with E-state index in [-0.39, 0.29) is 12.6 Å². The molecule has 0 aliphatic heterocycles. The Hall–Kier alpha value is -1.11. The van der Waals surface area contributed by atoms with Crippen LogP contribution in [0.2, 0.25) is 0 Å². The standard InChI is InChI=1S/C11H19NO5S/c1-2-3-6-17-11(14)8-18(15,16)7-10(13)12-9-4-5-9/h9H,2-8H2,1H3,(H,12,13). The van der Waals surface area contributed by atoms with Crippen LogP contribution in [-0.4, -0.2) is 44.4 Å². The van der Waals surface area contributed by atoms with Crippen molar-refractivity contribution in [3.05, 3.63) is 0 Å². The van der Waals surface area contributed by atoms with E-state index < -0.39 is 33.2 Å². The van der Waals surface area contributed by atoms with Gasteiger partial charge < -0.3 is 10.1 Å². The van der Waals surface area contributed by atoms with Gasteiger partial charge in [-0.1, -0.05) is 13.3 Å². The first-order valence-corrected chi connectivity index (χ1v) is 7.90. The summed E-state index contributed by atoms with van der Waals surface area (Å²) in [5.74, 6) is -2.71. The zero-order valence-corrected chi connectivity index (χ0v) is 11.3. The molecule has 104 valence electrons. The Morgan fingerprint density at radius 1 is 1.28 bits per heavy atom. The van der Waals surface area contributed by atoms with Crippen LogP contribution in [0.4, 0.5) is 0 Å². The average molecular weight is 277 g/mol. The third-order valence-electron chi connectivity index (χ3n) is 2.39. The van der Waals surface area contributed by atoms with E-state index in [9.17, 15) is 18.0 Å².